The molecule has 0 bridgehead atoms. The van der Waals surface area contributed by atoms with Crippen molar-refractivity contribution in [1.29, 1.82) is 0 Å². The zero-order valence-electron chi connectivity index (χ0n) is 12.3. The van der Waals surface area contributed by atoms with Crippen molar-refractivity contribution < 1.29 is 4.79 Å². The number of benzene rings is 1. The van der Waals surface area contributed by atoms with Gasteiger partial charge in [-0.1, -0.05) is 45.7 Å². The summed E-state index contributed by atoms with van der Waals surface area (Å²) in [6.07, 6.45) is 3.85. The van der Waals surface area contributed by atoms with E-state index < -0.39 is 0 Å². The van der Waals surface area contributed by atoms with E-state index in [-0.39, 0.29) is 5.91 Å². The summed E-state index contributed by atoms with van der Waals surface area (Å²) in [7, 11) is 0. The van der Waals surface area contributed by atoms with Gasteiger partial charge in [0, 0.05) is 24.7 Å². The van der Waals surface area contributed by atoms with Gasteiger partial charge in [-0.2, -0.15) is 0 Å². The topological polar surface area (TPSA) is 41.1 Å². The largest absolute Gasteiger partial charge is 0.326 e. The molecule has 0 aliphatic rings. The fraction of sp³-hybridized carbons (Fsp3) is 0.562. The number of nitrogens with one attached hydrogen (secondary N) is 2. The molecule has 3 nitrogen and oxygen atoms in total. The molecule has 3 heteroatoms. The number of carbonyl (C=O) groups excluding carboxylic acids is 1. The van der Waals surface area contributed by atoms with Crippen LogP contribution in [0.3, 0.4) is 0 Å². The molecule has 0 aromatic heterocycles. The lowest BCUT2D eigenvalue weighted by molar-refractivity contribution is -0.116. The first-order valence-electron chi connectivity index (χ1n) is 7.24. The van der Waals surface area contributed by atoms with Crippen molar-refractivity contribution in [1.82, 2.24) is 5.32 Å². The van der Waals surface area contributed by atoms with Crippen molar-refractivity contribution in [3.63, 3.8) is 0 Å². The van der Waals surface area contributed by atoms with Crippen LogP contribution in [0.25, 0.3) is 0 Å². The lowest BCUT2D eigenvalue weighted by Crippen LogP contribution is -2.21. The number of hydrogen-bond acceptors (Lipinski definition) is 2. The summed E-state index contributed by atoms with van der Waals surface area (Å²) in [5.41, 5.74) is 2.12. The molecule has 0 spiro atoms. The SMILES string of the molecule is CCCCCC(=O)Nc1ccc(CNC(C)C)cc1. The van der Waals surface area contributed by atoms with Gasteiger partial charge in [0.1, 0.15) is 0 Å². The molecule has 0 aliphatic carbocycles. The molecule has 0 atom stereocenters. The lowest BCUT2D eigenvalue weighted by atomic mass is 10.1. The average Bonchev–Trinajstić information content (AvgIpc) is 2.38. The Morgan fingerprint density at radius 2 is 1.84 bits per heavy atom. The van der Waals surface area contributed by atoms with Crippen LogP contribution in [-0.2, 0) is 11.3 Å². The van der Waals surface area contributed by atoms with Gasteiger partial charge in [-0.15, -0.1) is 0 Å². The van der Waals surface area contributed by atoms with E-state index in [0.29, 0.717) is 12.5 Å². The average molecular weight is 262 g/mol. The van der Waals surface area contributed by atoms with E-state index in [9.17, 15) is 4.79 Å². The molecule has 1 rings (SSSR count). The predicted octanol–water partition coefficient (Wildman–Crippen LogP) is 3.70. The van der Waals surface area contributed by atoms with Gasteiger partial charge in [-0.25, -0.2) is 0 Å². The zero-order valence-corrected chi connectivity index (χ0v) is 12.3. The van der Waals surface area contributed by atoms with Crippen LogP contribution >= 0.6 is 0 Å². The Morgan fingerprint density at radius 3 is 2.42 bits per heavy atom. The highest BCUT2D eigenvalue weighted by atomic mass is 16.1. The standard InChI is InChI=1S/C16H26N2O/c1-4-5-6-7-16(19)18-15-10-8-14(9-11-15)12-17-13(2)3/h8-11,13,17H,4-7,12H2,1-3H3,(H,18,19). The fourth-order valence-electron chi connectivity index (χ4n) is 1.79. The number of rotatable bonds is 8. The second-order valence-electron chi connectivity index (χ2n) is 5.24. The van der Waals surface area contributed by atoms with Crippen LogP contribution in [-0.4, -0.2) is 11.9 Å². The van der Waals surface area contributed by atoms with Gasteiger partial charge < -0.3 is 10.6 Å². The molecule has 2 N–H and O–H groups in total. The molecular weight excluding hydrogens is 236 g/mol. The van der Waals surface area contributed by atoms with E-state index in [1.807, 2.05) is 12.1 Å². The van der Waals surface area contributed by atoms with E-state index in [1.54, 1.807) is 0 Å². The normalized spacial score (nSPS) is 10.7. The van der Waals surface area contributed by atoms with E-state index >= 15 is 0 Å². The highest BCUT2D eigenvalue weighted by molar-refractivity contribution is 5.90. The lowest BCUT2D eigenvalue weighted by Gasteiger charge is -2.09. The summed E-state index contributed by atoms with van der Waals surface area (Å²) in [4.78, 5) is 11.7. The molecule has 0 fully saturated rings. The van der Waals surface area contributed by atoms with Crippen LogP contribution in [0, 0.1) is 0 Å². The quantitative estimate of drug-likeness (QED) is 0.701. The summed E-state index contributed by atoms with van der Waals surface area (Å²) < 4.78 is 0. The molecular formula is C16H26N2O. The number of hydrogen-bond donors (Lipinski definition) is 2. The smallest absolute Gasteiger partial charge is 0.224 e. The summed E-state index contributed by atoms with van der Waals surface area (Å²) >= 11 is 0. The van der Waals surface area contributed by atoms with Crippen molar-refractivity contribution in [2.75, 3.05) is 5.32 Å². The van der Waals surface area contributed by atoms with Crippen molar-refractivity contribution >= 4 is 11.6 Å². The van der Waals surface area contributed by atoms with Crippen LogP contribution in [0.15, 0.2) is 24.3 Å². The van der Waals surface area contributed by atoms with Crippen LogP contribution in [0.4, 0.5) is 5.69 Å². The van der Waals surface area contributed by atoms with Crippen molar-refractivity contribution in [3.05, 3.63) is 29.8 Å². The van der Waals surface area contributed by atoms with Gasteiger partial charge in [-0.05, 0) is 24.1 Å². The van der Waals surface area contributed by atoms with E-state index in [2.05, 4.69) is 43.5 Å². The molecule has 0 unspecified atom stereocenters. The number of unbranched alkanes of at least 4 members (excludes halogenated alkanes) is 2. The summed E-state index contributed by atoms with van der Waals surface area (Å²) in [6.45, 7) is 7.26. The Morgan fingerprint density at radius 1 is 1.16 bits per heavy atom. The molecule has 1 aromatic rings. The van der Waals surface area contributed by atoms with Crippen LogP contribution in [0.2, 0.25) is 0 Å². The Labute approximate surface area is 116 Å². The van der Waals surface area contributed by atoms with Gasteiger partial charge >= 0.3 is 0 Å². The predicted molar refractivity (Wildman–Crippen MR) is 81.2 cm³/mol. The first kappa shape index (κ1) is 15.7. The third-order valence-corrected chi connectivity index (χ3v) is 2.96. The van der Waals surface area contributed by atoms with Crippen LogP contribution < -0.4 is 10.6 Å². The third kappa shape index (κ3) is 6.97. The molecule has 0 saturated carbocycles. The maximum atomic E-state index is 11.7. The maximum absolute atomic E-state index is 11.7. The molecule has 0 radical (unpaired) electrons. The van der Waals surface area contributed by atoms with Gasteiger partial charge in [0.25, 0.3) is 0 Å². The molecule has 19 heavy (non-hydrogen) atoms. The van der Waals surface area contributed by atoms with Gasteiger partial charge in [0.15, 0.2) is 0 Å². The van der Waals surface area contributed by atoms with Crippen LogP contribution in [0.5, 0.6) is 0 Å². The Bertz CT molecular complexity index is 371. The minimum atomic E-state index is 0.113. The van der Waals surface area contributed by atoms with Crippen molar-refractivity contribution in [2.45, 2.75) is 59.0 Å². The minimum Gasteiger partial charge on any atom is -0.326 e. The second kappa shape index (κ2) is 8.70. The van der Waals surface area contributed by atoms with Gasteiger partial charge in [-0.3, -0.25) is 4.79 Å². The molecule has 0 aliphatic heterocycles. The third-order valence-electron chi connectivity index (χ3n) is 2.96. The van der Waals surface area contributed by atoms with Gasteiger partial charge in [0.2, 0.25) is 5.91 Å². The van der Waals surface area contributed by atoms with Crippen molar-refractivity contribution in [3.8, 4) is 0 Å². The Hall–Kier alpha value is -1.35. The number of amides is 1. The first-order valence-corrected chi connectivity index (χ1v) is 7.24. The first-order chi connectivity index (χ1) is 9.11. The Kier molecular flexibility index (Phi) is 7.19. The molecule has 0 saturated heterocycles. The monoisotopic (exact) mass is 262 g/mol. The van der Waals surface area contributed by atoms with Gasteiger partial charge in [0.05, 0.1) is 0 Å². The second-order valence-corrected chi connectivity index (χ2v) is 5.24. The Balaban J connectivity index is 2.37. The molecule has 1 amide bonds. The number of carbonyl (C=O) groups is 1. The molecule has 106 valence electrons. The minimum absolute atomic E-state index is 0.113. The zero-order chi connectivity index (χ0) is 14.1. The van der Waals surface area contributed by atoms with Crippen molar-refractivity contribution in [2.24, 2.45) is 0 Å². The van der Waals surface area contributed by atoms with E-state index in [1.165, 1.54) is 5.56 Å². The maximum Gasteiger partial charge on any atom is 0.224 e. The highest BCUT2D eigenvalue weighted by Crippen LogP contribution is 2.11. The van der Waals surface area contributed by atoms with Crippen LogP contribution in [0.1, 0.15) is 52.0 Å². The van der Waals surface area contributed by atoms with E-state index in [4.69, 9.17) is 0 Å². The molecule has 1 aromatic carbocycles. The summed E-state index contributed by atoms with van der Waals surface area (Å²) in [5.74, 6) is 0.113. The number of anilines is 1. The summed E-state index contributed by atoms with van der Waals surface area (Å²) in [6, 6.07) is 8.52. The summed E-state index contributed by atoms with van der Waals surface area (Å²) in [5, 5.41) is 6.30. The fourth-order valence-corrected chi connectivity index (χ4v) is 1.79. The van der Waals surface area contributed by atoms with E-state index in [0.717, 1.165) is 31.5 Å². The molecule has 0 heterocycles. The highest BCUT2D eigenvalue weighted by Gasteiger charge is 2.02.